The smallest absolute Gasteiger partial charge is 0.254 e. The van der Waals surface area contributed by atoms with E-state index in [9.17, 15) is 4.79 Å². The Kier molecular flexibility index (Phi) is 4.26. The Balaban J connectivity index is 1.49. The number of nitrogens with one attached hydrogen (secondary N) is 1. The van der Waals surface area contributed by atoms with E-state index in [0.29, 0.717) is 0 Å². The maximum absolute atomic E-state index is 12.9. The minimum absolute atomic E-state index is 0.126. The van der Waals surface area contributed by atoms with Gasteiger partial charge in [0.15, 0.2) is 0 Å². The van der Waals surface area contributed by atoms with Crippen LogP contribution in [0, 0.1) is 0 Å². The molecular weight excluding hydrogens is 302 g/mol. The number of anilines is 1. The second-order valence-electron chi connectivity index (χ2n) is 6.43. The highest BCUT2D eigenvalue weighted by Crippen LogP contribution is 2.32. The van der Waals surface area contributed by atoms with E-state index in [-0.39, 0.29) is 11.9 Å². The molecule has 0 aliphatic carbocycles. The van der Waals surface area contributed by atoms with Gasteiger partial charge in [-0.25, -0.2) is 0 Å². The van der Waals surface area contributed by atoms with Crippen molar-refractivity contribution in [1.29, 1.82) is 0 Å². The number of ether oxygens (including phenoxy) is 1. The molecule has 0 bridgehead atoms. The maximum atomic E-state index is 12.9. The molecule has 2 aliphatic heterocycles. The third-order valence-corrected chi connectivity index (χ3v) is 4.99. The number of H-pyrrole nitrogens is 1. The van der Waals surface area contributed by atoms with Crippen molar-refractivity contribution >= 4 is 11.6 Å². The minimum Gasteiger partial charge on any atom is -0.378 e. The van der Waals surface area contributed by atoms with E-state index in [1.807, 2.05) is 29.3 Å². The van der Waals surface area contributed by atoms with Crippen LogP contribution in [-0.2, 0) is 4.74 Å². The van der Waals surface area contributed by atoms with Gasteiger partial charge in [0.1, 0.15) is 0 Å². The molecule has 2 aliphatic rings. The average molecular weight is 325 g/mol. The Morgan fingerprint density at radius 3 is 2.58 bits per heavy atom. The standard InChI is InChI=1S/C19H23N3O2/c23-19(22-10-2-4-18(22)17-3-1-9-20-17)15-5-7-16(8-6-15)21-11-13-24-14-12-21/h1,3,5-9,18,20H,2,4,10-14H2. The highest BCUT2D eigenvalue weighted by atomic mass is 16.5. The van der Waals surface area contributed by atoms with Crippen LogP contribution in [0.2, 0.25) is 0 Å². The second-order valence-corrected chi connectivity index (χ2v) is 6.43. The summed E-state index contributed by atoms with van der Waals surface area (Å²) >= 11 is 0. The molecule has 1 aromatic carbocycles. The van der Waals surface area contributed by atoms with E-state index in [2.05, 4.69) is 28.1 Å². The minimum atomic E-state index is 0.126. The number of amides is 1. The molecule has 1 N–H and O–H groups in total. The molecule has 1 aromatic heterocycles. The van der Waals surface area contributed by atoms with Crippen LogP contribution in [0.25, 0.3) is 0 Å². The van der Waals surface area contributed by atoms with E-state index in [4.69, 9.17) is 4.74 Å². The van der Waals surface area contributed by atoms with Gasteiger partial charge in [-0.3, -0.25) is 4.79 Å². The molecule has 1 amide bonds. The first kappa shape index (κ1) is 15.3. The number of morpholine rings is 1. The lowest BCUT2D eigenvalue weighted by molar-refractivity contribution is 0.0733. The monoisotopic (exact) mass is 325 g/mol. The van der Waals surface area contributed by atoms with Gasteiger partial charge in [-0.15, -0.1) is 0 Å². The summed E-state index contributed by atoms with van der Waals surface area (Å²) in [4.78, 5) is 20.5. The zero-order chi connectivity index (χ0) is 16.4. The normalized spacial score (nSPS) is 21.2. The van der Waals surface area contributed by atoms with Crippen molar-refractivity contribution in [2.45, 2.75) is 18.9 Å². The van der Waals surface area contributed by atoms with Gasteiger partial charge in [0.25, 0.3) is 5.91 Å². The number of nitrogens with zero attached hydrogens (tertiary/aromatic N) is 2. The van der Waals surface area contributed by atoms with E-state index in [1.165, 1.54) is 0 Å². The van der Waals surface area contributed by atoms with E-state index >= 15 is 0 Å². The quantitative estimate of drug-likeness (QED) is 0.944. The predicted octanol–water partition coefficient (Wildman–Crippen LogP) is 2.83. The van der Waals surface area contributed by atoms with E-state index in [1.54, 1.807) is 0 Å². The van der Waals surface area contributed by atoms with Gasteiger partial charge in [-0.1, -0.05) is 0 Å². The first-order valence-electron chi connectivity index (χ1n) is 8.70. The SMILES string of the molecule is O=C(c1ccc(N2CCOCC2)cc1)N1CCCC1c1ccc[nH]1. The van der Waals surface area contributed by atoms with Crippen LogP contribution in [0.15, 0.2) is 42.6 Å². The molecule has 0 radical (unpaired) electrons. The molecule has 5 nitrogen and oxygen atoms in total. The first-order chi connectivity index (χ1) is 11.8. The highest BCUT2D eigenvalue weighted by molar-refractivity contribution is 5.95. The lowest BCUT2D eigenvalue weighted by atomic mass is 10.1. The molecule has 2 fully saturated rings. The summed E-state index contributed by atoms with van der Waals surface area (Å²) in [6, 6.07) is 12.3. The Morgan fingerprint density at radius 1 is 1.08 bits per heavy atom. The van der Waals surface area contributed by atoms with Gasteiger partial charge in [-0.2, -0.15) is 0 Å². The van der Waals surface area contributed by atoms with Gasteiger partial charge in [0.2, 0.25) is 0 Å². The molecule has 2 saturated heterocycles. The third-order valence-electron chi connectivity index (χ3n) is 4.99. The average Bonchev–Trinajstić information content (AvgIpc) is 3.33. The largest absolute Gasteiger partial charge is 0.378 e. The number of likely N-dealkylation sites (tertiary alicyclic amines) is 1. The number of hydrogen-bond acceptors (Lipinski definition) is 3. The molecule has 0 spiro atoms. The molecule has 126 valence electrons. The third kappa shape index (κ3) is 2.91. The fourth-order valence-corrected chi connectivity index (χ4v) is 3.69. The van der Waals surface area contributed by atoms with Crippen LogP contribution in [0.5, 0.6) is 0 Å². The first-order valence-corrected chi connectivity index (χ1v) is 8.70. The van der Waals surface area contributed by atoms with Crippen LogP contribution in [0.3, 0.4) is 0 Å². The lowest BCUT2D eigenvalue weighted by Crippen LogP contribution is -2.36. The highest BCUT2D eigenvalue weighted by Gasteiger charge is 2.31. The number of rotatable bonds is 3. The van der Waals surface area contributed by atoms with Crippen molar-refractivity contribution in [3.63, 3.8) is 0 Å². The molecular formula is C19H23N3O2. The fourth-order valence-electron chi connectivity index (χ4n) is 3.69. The van der Waals surface area contributed by atoms with Crippen molar-refractivity contribution < 1.29 is 9.53 Å². The number of carbonyl (C=O) groups is 1. The number of carbonyl (C=O) groups excluding carboxylic acids is 1. The summed E-state index contributed by atoms with van der Waals surface area (Å²) in [6.45, 7) is 4.19. The van der Waals surface area contributed by atoms with Crippen LogP contribution in [0.4, 0.5) is 5.69 Å². The molecule has 1 unspecified atom stereocenters. The van der Waals surface area contributed by atoms with E-state index < -0.39 is 0 Å². The molecule has 5 heteroatoms. The van der Waals surface area contributed by atoms with Gasteiger partial charge < -0.3 is 19.5 Å². The Bertz CT molecular complexity index is 675. The van der Waals surface area contributed by atoms with Crippen molar-refractivity contribution in [2.75, 3.05) is 37.7 Å². The van der Waals surface area contributed by atoms with Crippen LogP contribution >= 0.6 is 0 Å². The molecule has 24 heavy (non-hydrogen) atoms. The Hall–Kier alpha value is -2.27. The van der Waals surface area contributed by atoms with Crippen molar-refractivity contribution in [3.8, 4) is 0 Å². The summed E-state index contributed by atoms with van der Waals surface area (Å²) in [5.74, 6) is 0.126. The zero-order valence-corrected chi connectivity index (χ0v) is 13.8. The van der Waals surface area contributed by atoms with Gasteiger partial charge in [-0.05, 0) is 49.2 Å². The van der Waals surface area contributed by atoms with Crippen molar-refractivity contribution in [3.05, 3.63) is 53.9 Å². The van der Waals surface area contributed by atoms with Crippen LogP contribution in [-0.4, -0.2) is 48.6 Å². The molecule has 0 saturated carbocycles. The maximum Gasteiger partial charge on any atom is 0.254 e. The van der Waals surface area contributed by atoms with Crippen molar-refractivity contribution in [2.24, 2.45) is 0 Å². The molecule has 1 atom stereocenters. The predicted molar refractivity (Wildman–Crippen MR) is 93.3 cm³/mol. The Morgan fingerprint density at radius 2 is 1.88 bits per heavy atom. The summed E-state index contributed by atoms with van der Waals surface area (Å²) in [7, 11) is 0. The molecule has 3 heterocycles. The van der Waals surface area contributed by atoms with Gasteiger partial charge >= 0.3 is 0 Å². The second kappa shape index (κ2) is 6.69. The zero-order valence-electron chi connectivity index (χ0n) is 13.8. The molecule has 4 rings (SSSR count). The number of benzene rings is 1. The summed E-state index contributed by atoms with van der Waals surface area (Å²) in [5.41, 5.74) is 3.06. The number of aromatic amines is 1. The lowest BCUT2D eigenvalue weighted by Gasteiger charge is -2.29. The fraction of sp³-hybridized carbons (Fsp3) is 0.421. The number of hydrogen-bond donors (Lipinski definition) is 1. The van der Waals surface area contributed by atoms with Crippen LogP contribution in [0.1, 0.15) is 34.9 Å². The molecule has 2 aromatic rings. The van der Waals surface area contributed by atoms with Gasteiger partial charge in [0.05, 0.1) is 19.3 Å². The van der Waals surface area contributed by atoms with Crippen LogP contribution < -0.4 is 4.90 Å². The summed E-state index contributed by atoms with van der Waals surface area (Å²) < 4.78 is 5.39. The van der Waals surface area contributed by atoms with E-state index in [0.717, 1.165) is 62.6 Å². The van der Waals surface area contributed by atoms with Crippen molar-refractivity contribution in [1.82, 2.24) is 9.88 Å². The van der Waals surface area contributed by atoms with Gasteiger partial charge in [0, 0.05) is 42.8 Å². The number of aromatic nitrogens is 1. The summed E-state index contributed by atoms with van der Waals surface area (Å²) in [6.07, 6.45) is 4.01. The Labute approximate surface area is 142 Å². The topological polar surface area (TPSA) is 48.6 Å². The summed E-state index contributed by atoms with van der Waals surface area (Å²) in [5, 5.41) is 0.